The van der Waals surface area contributed by atoms with E-state index in [0.29, 0.717) is 6.04 Å². The minimum atomic E-state index is 0.290. The molecule has 0 aliphatic rings. The Kier molecular flexibility index (Phi) is 3.94. The van der Waals surface area contributed by atoms with E-state index in [9.17, 15) is 0 Å². The zero-order chi connectivity index (χ0) is 12.1. The highest BCUT2D eigenvalue weighted by atomic mass is 15.1. The Hall–Kier alpha value is -1.61. The molecule has 0 fully saturated rings. The average molecular weight is 229 g/mol. The molecule has 0 amide bonds. The zero-order valence-electron chi connectivity index (χ0n) is 10.4. The molecular formula is C14H19N3. The van der Waals surface area contributed by atoms with Crippen molar-refractivity contribution in [2.24, 2.45) is 7.05 Å². The first-order chi connectivity index (χ1) is 8.27. The number of aromatic nitrogens is 2. The summed E-state index contributed by atoms with van der Waals surface area (Å²) in [5, 5.41) is 3.49. The summed E-state index contributed by atoms with van der Waals surface area (Å²) in [6, 6.07) is 10.8. The SMILES string of the molecule is CC(NCCc1ccccc1)c1nccn1C. The van der Waals surface area contributed by atoms with Gasteiger partial charge in [0.25, 0.3) is 0 Å². The maximum Gasteiger partial charge on any atom is 0.125 e. The number of imidazole rings is 1. The van der Waals surface area contributed by atoms with Crippen molar-refractivity contribution >= 4 is 0 Å². The van der Waals surface area contributed by atoms with Crippen LogP contribution in [0.2, 0.25) is 0 Å². The number of hydrogen-bond acceptors (Lipinski definition) is 2. The van der Waals surface area contributed by atoms with Crippen LogP contribution >= 0.6 is 0 Å². The molecule has 3 heteroatoms. The van der Waals surface area contributed by atoms with Gasteiger partial charge in [0.2, 0.25) is 0 Å². The van der Waals surface area contributed by atoms with Crippen LogP contribution in [0.4, 0.5) is 0 Å². The molecule has 3 nitrogen and oxygen atoms in total. The van der Waals surface area contributed by atoms with Gasteiger partial charge in [0.1, 0.15) is 5.82 Å². The molecular weight excluding hydrogens is 210 g/mol. The number of aryl methyl sites for hydroxylation is 1. The van der Waals surface area contributed by atoms with E-state index in [2.05, 4.69) is 46.1 Å². The normalized spacial score (nSPS) is 12.6. The molecule has 1 heterocycles. The number of hydrogen-bond donors (Lipinski definition) is 1. The van der Waals surface area contributed by atoms with E-state index in [1.54, 1.807) is 0 Å². The van der Waals surface area contributed by atoms with Gasteiger partial charge in [0, 0.05) is 19.4 Å². The quantitative estimate of drug-likeness (QED) is 0.852. The standard InChI is InChI=1S/C14H19N3/c1-12(14-16-10-11-17(14)2)15-9-8-13-6-4-3-5-7-13/h3-7,10-12,15H,8-9H2,1-2H3. The van der Waals surface area contributed by atoms with Gasteiger partial charge in [-0.15, -0.1) is 0 Å². The Labute approximate surface area is 103 Å². The Bertz CT molecular complexity index is 448. The molecule has 2 aromatic rings. The molecule has 1 N–H and O–H groups in total. The molecule has 0 spiro atoms. The molecule has 17 heavy (non-hydrogen) atoms. The molecule has 1 unspecified atom stereocenters. The third kappa shape index (κ3) is 3.17. The lowest BCUT2D eigenvalue weighted by molar-refractivity contribution is 0.533. The Morgan fingerprint density at radius 3 is 2.71 bits per heavy atom. The number of nitrogens with zero attached hydrogens (tertiary/aromatic N) is 2. The Morgan fingerprint density at radius 1 is 1.29 bits per heavy atom. The second-order valence-corrected chi connectivity index (χ2v) is 4.31. The summed E-state index contributed by atoms with van der Waals surface area (Å²) in [6.45, 7) is 3.12. The average Bonchev–Trinajstić information content (AvgIpc) is 2.77. The number of benzene rings is 1. The van der Waals surface area contributed by atoms with Gasteiger partial charge in [0.05, 0.1) is 6.04 Å². The van der Waals surface area contributed by atoms with Crippen LogP contribution in [0.3, 0.4) is 0 Å². The van der Waals surface area contributed by atoms with Gasteiger partial charge in [-0.25, -0.2) is 4.98 Å². The van der Waals surface area contributed by atoms with Gasteiger partial charge in [0.15, 0.2) is 0 Å². The lowest BCUT2D eigenvalue weighted by atomic mass is 10.1. The predicted octanol–water partition coefficient (Wildman–Crippen LogP) is 2.31. The fraction of sp³-hybridized carbons (Fsp3) is 0.357. The van der Waals surface area contributed by atoms with Crippen molar-refractivity contribution in [3.8, 4) is 0 Å². The van der Waals surface area contributed by atoms with Gasteiger partial charge >= 0.3 is 0 Å². The second-order valence-electron chi connectivity index (χ2n) is 4.31. The van der Waals surface area contributed by atoms with E-state index in [-0.39, 0.29) is 0 Å². The number of rotatable bonds is 5. The van der Waals surface area contributed by atoms with Crippen molar-refractivity contribution in [2.45, 2.75) is 19.4 Å². The maximum absolute atomic E-state index is 4.34. The highest BCUT2D eigenvalue weighted by Gasteiger charge is 2.08. The summed E-state index contributed by atoms with van der Waals surface area (Å²) in [6.07, 6.45) is 4.87. The molecule has 0 saturated carbocycles. The highest BCUT2D eigenvalue weighted by molar-refractivity contribution is 5.14. The van der Waals surface area contributed by atoms with Crippen LogP contribution in [0.25, 0.3) is 0 Å². The minimum absolute atomic E-state index is 0.290. The van der Waals surface area contributed by atoms with Gasteiger partial charge in [-0.05, 0) is 25.5 Å². The molecule has 1 aromatic carbocycles. The summed E-state index contributed by atoms with van der Waals surface area (Å²) in [7, 11) is 2.03. The van der Waals surface area contributed by atoms with Crippen LogP contribution in [0.1, 0.15) is 24.4 Å². The van der Waals surface area contributed by atoms with Crippen LogP contribution in [0.15, 0.2) is 42.7 Å². The second kappa shape index (κ2) is 5.64. The molecule has 90 valence electrons. The summed E-state index contributed by atoms with van der Waals surface area (Å²) >= 11 is 0. The van der Waals surface area contributed by atoms with Crippen LogP contribution in [0.5, 0.6) is 0 Å². The van der Waals surface area contributed by atoms with Crippen molar-refractivity contribution in [1.29, 1.82) is 0 Å². The van der Waals surface area contributed by atoms with Gasteiger partial charge < -0.3 is 9.88 Å². The first kappa shape index (κ1) is 11.9. The number of nitrogens with one attached hydrogen (secondary N) is 1. The predicted molar refractivity (Wildman–Crippen MR) is 69.8 cm³/mol. The lowest BCUT2D eigenvalue weighted by Crippen LogP contribution is -2.23. The summed E-state index contributed by atoms with van der Waals surface area (Å²) in [4.78, 5) is 4.34. The molecule has 0 radical (unpaired) electrons. The van der Waals surface area contributed by atoms with Gasteiger partial charge in [-0.3, -0.25) is 0 Å². The van der Waals surface area contributed by atoms with E-state index in [1.807, 2.05) is 25.5 Å². The molecule has 1 aromatic heterocycles. The molecule has 0 aliphatic carbocycles. The van der Waals surface area contributed by atoms with Crippen molar-refractivity contribution in [1.82, 2.24) is 14.9 Å². The van der Waals surface area contributed by atoms with E-state index < -0.39 is 0 Å². The minimum Gasteiger partial charge on any atom is -0.337 e. The van der Waals surface area contributed by atoms with Crippen molar-refractivity contribution < 1.29 is 0 Å². The van der Waals surface area contributed by atoms with Crippen LogP contribution < -0.4 is 5.32 Å². The van der Waals surface area contributed by atoms with Crippen molar-refractivity contribution in [3.63, 3.8) is 0 Å². The fourth-order valence-corrected chi connectivity index (χ4v) is 1.96. The van der Waals surface area contributed by atoms with Crippen molar-refractivity contribution in [3.05, 3.63) is 54.1 Å². The third-order valence-electron chi connectivity index (χ3n) is 2.95. The van der Waals surface area contributed by atoms with Crippen LogP contribution in [0, 0.1) is 0 Å². The first-order valence-electron chi connectivity index (χ1n) is 6.02. The molecule has 2 rings (SSSR count). The molecule has 0 bridgehead atoms. The van der Waals surface area contributed by atoms with E-state index >= 15 is 0 Å². The van der Waals surface area contributed by atoms with Crippen LogP contribution in [-0.2, 0) is 13.5 Å². The molecule has 1 atom stereocenters. The Balaban J connectivity index is 1.81. The van der Waals surface area contributed by atoms with E-state index in [0.717, 1.165) is 18.8 Å². The monoisotopic (exact) mass is 229 g/mol. The zero-order valence-corrected chi connectivity index (χ0v) is 10.4. The van der Waals surface area contributed by atoms with Crippen molar-refractivity contribution in [2.75, 3.05) is 6.54 Å². The molecule has 0 aliphatic heterocycles. The molecule has 0 saturated heterocycles. The third-order valence-corrected chi connectivity index (χ3v) is 2.95. The van der Waals surface area contributed by atoms with E-state index in [1.165, 1.54) is 5.56 Å². The fourth-order valence-electron chi connectivity index (χ4n) is 1.96. The highest BCUT2D eigenvalue weighted by Crippen LogP contribution is 2.08. The lowest BCUT2D eigenvalue weighted by Gasteiger charge is -2.13. The smallest absolute Gasteiger partial charge is 0.125 e. The summed E-state index contributed by atoms with van der Waals surface area (Å²) in [5.41, 5.74) is 1.37. The summed E-state index contributed by atoms with van der Waals surface area (Å²) in [5.74, 6) is 1.08. The van der Waals surface area contributed by atoms with Crippen LogP contribution in [-0.4, -0.2) is 16.1 Å². The topological polar surface area (TPSA) is 29.9 Å². The van der Waals surface area contributed by atoms with E-state index in [4.69, 9.17) is 0 Å². The Morgan fingerprint density at radius 2 is 2.06 bits per heavy atom. The maximum atomic E-state index is 4.34. The first-order valence-corrected chi connectivity index (χ1v) is 6.02. The summed E-state index contributed by atoms with van der Waals surface area (Å²) < 4.78 is 2.06. The van der Waals surface area contributed by atoms with Gasteiger partial charge in [-0.1, -0.05) is 30.3 Å². The largest absolute Gasteiger partial charge is 0.337 e. The van der Waals surface area contributed by atoms with Gasteiger partial charge in [-0.2, -0.15) is 0 Å².